The molecule has 0 unspecified atom stereocenters. The van der Waals surface area contributed by atoms with Crippen LogP contribution in [0.5, 0.6) is 5.75 Å². The van der Waals surface area contributed by atoms with E-state index in [9.17, 15) is 4.79 Å². The predicted molar refractivity (Wildman–Crippen MR) is 70.7 cm³/mol. The molecule has 0 N–H and O–H groups in total. The summed E-state index contributed by atoms with van der Waals surface area (Å²) < 4.78 is 5.06. The van der Waals surface area contributed by atoms with Crippen LogP contribution < -0.4 is 4.74 Å². The molecule has 3 heteroatoms. The van der Waals surface area contributed by atoms with Crippen LogP contribution in [0.3, 0.4) is 0 Å². The van der Waals surface area contributed by atoms with Gasteiger partial charge in [0.15, 0.2) is 5.78 Å². The molecule has 2 rings (SSSR count). The van der Waals surface area contributed by atoms with Gasteiger partial charge in [-0.3, -0.25) is 4.79 Å². The Morgan fingerprint density at radius 2 is 2.00 bits per heavy atom. The van der Waals surface area contributed by atoms with Gasteiger partial charge < -0.3 is 4.74 Å². The lowest BCUT2D eigenvalue weighted by molar-refractivity contribution is 0.104. The van der Waals surface area contributed by atoms with Crippen LogP contribution >= 0.6 is 11.3 Å². The van der Waals surface area contributed by atoms with E-state index in [1.54, 1.807) is 19.3 Å². The Bertz CT molecular complexity index is 510. The van der Waals surface area contributed by atoms with Gasteiger partial charge in [-0.05, 0) is 35.2 Å². The van der Waals surface area contributed by atoms with E-state index in [0.29, 0.717) is 0 Å². The van der Waals surface area contributed by atoms with Crippen molar-refractivity contribution in [3.05, 3.63) is 58.3 Å². The minimum Gasteiger partial charge on any atom is -0.497 e. The van der Waals surface area contributed by atoms with E-state index in [4.69, 9.17) is 4.74 Å². The first-order valence-electron chi connectivity index (χ1n) is 5.18. The fraction of sp³-hybridized carbons (Fsp3) is 0.0714. The molecular weight excluding hydrogens is 232 g/mol. The monoisotopic (exact) mass is 244 g/mol. The molecule has 0 fully saturated rings. The van der Waals surface area contributed by atoms with Crippen molar-refractivity contribution in [2.24, 2.45) is 0 Å². The van der Waals surface area contributed by atoms with Gasteiger partial charge in [-0.15, -0.1) is 0 Å². The molecule has 0 bridgehead atoms. The van der Waals surface area contributed by atoms with Crippen LogP contribution in [0.1, 0.15) is 15.9 Å². The normalized spacial score (nSPS) is 10.6. The number of rotatable bonds is 4. The first-order chi connectivity index (χ1) is 8.29. The molecule has 0 aliphatic heterocycles. The molecule has 0 saturated carbocycles. The van der Waals surface area contributed by atoms with Crippen molar-refractivity contribution in [2.75, 3.05) is 7.11 Å². The molecule has 1 aromatic carbocycles. The van der Waals surface area contributed by atoms with Crippen LogP contribution in [0.4, 0.5) is 0 Å². The van der Waals surface area contributed by atoms with Crippen LogP contribution in [0.2, 0.25) is 0 Å². The van der Waals surface area contributed by atoms with Crippen LogP contribution in [-0.2, 0) is 0 Å². The Morgan fingerprint density at radius 3 is 2.59 bits per heavy atom. The highest BCUT2D eigenvalue weighted by atomic mass is 32.1. The number of hydrogen-bond donors (Lipinski definition) is 0. The van der Waals surface area contributed by atoms with E-state index in [1.807, 2.05) is 41.1 Å². The van der Waals surface area contributed by atoms with Gasteiger partial charge in [0.05, 0.1) is 7.11 Å². The van der Waals surface area contributed by atoms with Gasteiger partial charge in [-0.2, -0.15) is 11.3 Å². The zero-order valence-electron chi connectivity index (χ0n) is 9.42. The molecular formula is C14H12O2S. The number of carbonyl (C=O) groups is 1. The van der Waals surface area contributed by atoms with Gasteiger partial charge in [0.1, 0.15) is 5.75 Å². The van der Waals surface area contributed by atoms with Gasteiger partial charge in [0.2, 0.25) is 0 Å². The highest BCUT2D eigenvalue weighted by molar-refractivity contribution is 7.08. The summed E-state index contributed by atoms with van der Waals surface area (Å²) in [6.45, 7) is 0. The number of thiophene rings is 1. The summed E-state index contributed by atoms with van der Waals surface area (Å²) in [4.78, 5) is 11.7. The zero-order valence-corrected chi connectivity index (χ0v) is 10.2. The van der Waals surface area contributed by atoms with Crippen molar-refractivity contribution in [1.29, 1.82) is 0 Å². The maximum atomic E-state index is 11.7. The topological polar surface area (TPSA) is 26.3 Å². The predicted octanol–water partition coefficient (Wildman–Crippen LogP) is 3.65. The summed E-state index contributed by atoms with van der Waals surface area (Å²) in [5.74, 6) is 0.841. The maximum absolute atomic E-state index is 11.7. The number of hydrogen-bond acceptors (Lipinski definition) is 3. The summed E-state index contributed by atoms with van der Waals surface area (Å²) in [6, 6.07) is 9.39. The number of carbonyl (C=O) groups excluding carboxylic acids is 1. The van der Waals surface area contributed by atoms with E-state index in [1.165, 1.54) is 11.3 Å². The standard InChI is InChI=1S/C14H12O2S/c1-16-13-5-2-11(3-6-13)4-7-14(15)12-8-9-17-10-12/h2-10H,1H3/b7-4+. The Hall–Kier alpha value is -1.87. The summed E-state index contributed by atoms with van der Waals surface area (Å²) in [7, 11) is 1.63. The smallest absolute Gasteiger partial charge is 0.186 e. The van der Waals surface area contributed by atoms with Crippen LogP contribution in [0.25, 0.3) is 6.08 Å². The third-order valence-electron chi connectivity index (χ3n) is 2.35. The number of ketones is 1. The first kappa shape index (κ1) is 11.6. The molecule has 0 radical (unpaired) electrons. The number of benzene rings is 1. The molecule has 2 aromatic rings. The Morgan fingerprint density at radius 1 is 1.24 bits per heavy atom. The van der Waals surface area contributed by atoms with E-state index < -0.39 is 0 Å². The third kappa shape index (κ3) is 3.04. The van der Waals surface area contributed by atoms with Crippen molar-refractivity contribution in [3.8, 4) is 5.75 Å². The lowest BCUT2D eigenvalue weighted by Crippen LogP contribution is -1.90. The molecule has 86 valence electrons. The summed E-state index contributed by atoms with van der Waals surface area (Å²) in [6.07, 6.45) is 3.39. The van der Waals surface area contributed by atoms with Crippen LogP contribution in [0, 0.1) is 0 Å². The molecule has 0 amide bonds. The maximum Gasteiger partial charge on any atom is 0.186 e. The first-order valence-corrected chi connectivity index (χ1v) is 6.12. The fourth-order valence-corrected chi connectivity index (χ4v) is 2.03. The molecule has 0 aliphatic rings. The average Bonchev–Trinajstić information content (AvgIpc) is 2.90. The van der Waals surface area contributed by atoms with E-state index in [2.05, 4.69) is 0 Å². The van der Waals surface area contributed by atoms with Gasteiger partial charge in [0, 0.05) is 10.9 Å². The second-order valence-electron chi connectivity index (χ2n) is 3.48. The van der Waals surface area contributed by atoms with Crippen LogP contribution in [-0.4, -0.2) is 12.9 Å². The van der Waals surface area contributed by atoms with Gasteiger partial charge in [0.25, 0.3) is 0 Å². The summed E-state index contributed by atoms with van der Waals surface area (Å²) >= 11 is 1.52. The molecule has 0 atom stereocenters. The van der Waals surface area contributed by atoms with Gasteiger partial charge >= 0.3 is 0 Å². The molecule has 0 spiro atoms. The Labute approximate surface area is 104 Å². The van der Waals surface area contributed by atoms with E-state index in [0.717, 1.165) is 16.9 Å². The molecule has 17 heavy (non-hydrogen) atoms. The van der Waals surface area contributed by atoms with E-state index >= 15 is 0 Å². The van der Waals surface area contributed by atoms with Gasteiger partial charge in [-0.25, -0.2) is 0 Å². The number of methoxy groups -OCH3 is 1. The number of allylic oxidation sites excluding steroid dienone is 1. The van der Waals surface area contributed by atoms with Crippen molar-refractivity contribution < 1.29 is 9.53 Å². The molecule has 0 aliphatic carbocycles. The lowest BCUT2D eigenvalue weighted by atomic mass is 10.1. The highest BCUT2D eigenvalue weighted by Gasteiger charge is 2.00. The molecule has 2 nitrogen and oxygen atoms in total. The fourth-order valence-electron chi connectivity index (χ4n) is 1.39. The van der Waals surface area contributed by atoms with Crippen molar-refractivity contribution >= 4 is 23.2 Å². The quantitative estimate of drug-likeness (QED) is 0.606. The zero-order chi connectivity index (χ0) is 12.1. The third-order valence-corrected chi connectivity index (χ3v) is 3.03. The molecule has 1 heterocycles. The minimum absolute atomic E-state index is 0.0297. The van der Waals surface area contributed by atoms with Crippen molar-refractivity contribution in [2.45, 2.75) is 0 Å². The minimum atomic E-state index is 0.0297. The lowest BCUT2D eigenvalue weighted by Gasteiger charge is -1.98. The highest BCUT2D eigenvalue weighted by Crippen LogP contribution is 2.13. The van der Waals surface area contributed by atoms with Crippen molar-refractivity contribution in [1.82, 2.24) is 0 Å². The SMILES string of the molecule is COc1ccc(/C=C/C(=O)c2ccsc2)cc1. The second-order valence-corrected chi connectivity index (χ2v) is 4.26. The average molecular weight is 244 g/mol. The summed E-state index contributed by atoms with van der Waals surface area (Å²) in [5, 5.41) is 3.75. The van der Waals surface area contributed by atoms with Crippen LogP contribution in [0.15, 0.2) is 47.2 Å². The molecule has 0 saturated heterocycles. The second kappa shape index (κ2) is 5.46. The number of ether oxygens (including phenoxy) is 1. The Kier molecular flexibility index (Phi) is 3.73. The van der Waals surface area contributed by atoms with E-state index in [-0.39, 0.29) is 5.78 Å². The Balaban J connectivity index is 2.07. The molecule has 1 aromatic heterocycles. The summed E-state index contributed by atoms with van der Waals surface area (Å²) in [5.41, 5.74) is 1.72. The van der Waals surface area contributed by atoms with Crippen molar-refractivity contribution in [3.63, 3.8) is 0 Å². The largest absolute Gasteiger partial charge is 0.497 e. The van der Waals surface area contributed by atoms with Gasteiger partial charge in [-0.1, -0.05) is 18.2 Å².